The number of likely N-dealkylation sites (N-methyl/N-ethyl adjacent to an activating group) is 1. The van der Waals surface area contributed by atoms with Crippen LogP contribution in [0.1, 0.15) is 15.2 Å². The van der Waals surface area contributed by atoms with Gasteiger partial charge in [-0.25, -0.2) is 4.39 Å². The Morgan fingerprint density at radius 3 is 2.57 bits per heavy atom. The summed E-state index contributed by atoms with van der Waals surface area (Å²) in [6.07, 6.45) is 0. The minimum atomic E-state index is -0.340. The second-order valence-corrected chi connectivity index (χ2v) is 8.55. The SMILES string of the molecule is CN1CCN(Cc2ccc(NC(=O)c3sc4cc(F)ccc4c3Cl)cc2)CC1. The zero-order valence-electron chi connectivity index (χ0n) is 15.5. The van der Waals surface area contributed by atoms with E-state index >= 15 is 0 Å². The Kier molecular flexibility index (Phi) is 5.64. The number of nitrogens with zero attached hydrogens (tertiary/aromatic N) is 2. The van der Waals surface area contributed by atoms with Gasteiger partial charge < -0.3 is 10.2 Å². The predicted octanol–water partition coefficient (Wildman–Crippen LogP) is 4.69. The van der Waals surface area contributed by atoms with E-state index in [1.807, 2.05) is 24.3 Å². The lowest BCUT2D eigenvalue weighted by Crippen LogP contribution is -2.43. The minimum absolute atomic E-state index is 0.279. The molecule has 0 aliphatic carbocycles. The lowest BCUT2D eigenvalue weighted by atomic mass is 10.1. The van der Waals surface area contributed by atoms with Crippen LogP contribution in [-0.4, -0.2) is 48.9 Å². The number of carbonyl (C=O) groups is 1. The third kappa shape index (κ3) is 4.20. The van der Waals surface area contributed by atoms with Gasteiger partial charge in [0.2, 0.25) is 0 Å². The maximum absolute atomic E-state index is 13.4. The summed E-state index contributed by atoms with van der Waals surface area (Å²) in [7, 11) is 2.15. The van der Waals surface area contributed by atoms with Crippen LogP contribution in [0.25, 0.3) is 10.1 Å². The van der Waals surface area contributed by atoms with Crippen molar-refractivity contribution >= 4 is 44.6 Å². The average Bonchev–Trinajstić information content (AvgIpc) is 3.01. The number of thiophene rings is 1. The van der Waals surface area contributed by atoms with Gasteiger partial charge in [-0.2, -0.15) is 0 Å². The fraction of sp³-hybridized carbons (Fsp3) is 0.286. The van der Waals surface area contributed by atoms with Crippen molar-refractivity contribution in [3.8, 4) is 0 Å². The van der Waals surface area contributed by atoms with Crippen molar-refractivity contribution in [2.24, 2.45) is 0 Å². The summed E-state index contributed by atoms with van der Waals surface area (Å²) in [6, 6.07) is 12.2. The monoisotopic (exact) mass is 417 g/mol. The van der Waals surface area contributed by atoms with Crippen LogP contribution in [-0.2, 0) is 6.54 Å². The number of piperazine rings is 1. The molecule has 1 N–H and O–H groups in total. The van der Waals surface area contributed by atoms with Crippen molar-refractivity contribution < 1.29 is 9.18 Å². The lowest BCUT2D eigenvalue weighted by Gasteiger charge is -2.32. The molecule has 1 aliphatic heterocycles. The third-order valence-corrected chi connectivity index (χ3v) is 6.67. The van der Waals surface area contributed by atoms with Gasteiger partial charge >= 0.3 is 0 Å². The van der Waals surface area contributed by atoms with Crippen LogP contribution >= 0.6 is 22.9 Å². The first-order valence-corrected chi connectivity index (χ1v) is 10.4. The van der Waals surface area contributed by atoms with E-state index in [1.165, 1.54) is 29.0 Å². The number of amides is 1. The molecule has 7 heteroatoms. The van der Waals surface area contributed by atoms with Crippen LogP contribution in [0, 0.1) is 5.82 Å². The topological polar surface area (TPSA) is 35.6 Å². The summed E-state index contributed by atoms with van der Waals surface area (Å²) in [5.41, 5.74) is 1.93. The quantitative estimate of drug-likeness (QED) is 0.668. The van der Waals surface area contributed by atoms with Crippen molar-refractivity contribution in [1.29, 1.82) is 0 Å². The molecule has 0 saturated carbocycles. The van der Waals surface area contributed by atoms with Crippen LogP contribution in [0.15, 0.2) is 42.5 Å². The number of anilines is 1. The lowest BCUT2D eigenvalue weighted by molar-refractivity contribution is 0.103. The normalized spacial score (nSPS) is 15.8. The standard InChI is InChI=1S/C21H21ClFN3OS/c1-25-8-10-26(11-9-25)13-14-2-5-16(6-3-14)24-21(27)20-19(22)17-7-4-15(23)12-18(17)28-20/h2-7,12H,8-11,13H2,1H3,(H,24,27). The number of hydrogen-bond acceptors (Lipinski definition) is 4. The molecular weight excluding hydrogens is 397 g/mol. The molecule has 2 heterocycles. The van der Waals surface area contributed by atoms with Crippen molar-refractivity contribution in [2.75, 3.05) is 38.5 Å². The van der Waals surface area contributed by atoms with E-state index in [-0.39, 0.29) is 11.7 Å². The number of nitrogens with one attached hydrogen (secondary N) is 1. The Morgan fingerprint density at radius 1 is 1.14 bits per heavy atom. The average molecular weight is 418 g/mol. The highest BCUT2D eigenvalue weighted by Crippen LogP contribution is 2.36. The third-order valence-electron chi connectivity index (χ3n) is 5.01. The van der Waals surface area contributed by atoms with E-state index in [0.29, 0.717) is 25.7 Å². The summed E-state index contributed by atoms with van der Waals surface area (Å²) in [5, 5.41) is 3.94. The van der Waals surface area contributed by atoms with E-state index in [9.17, 15) is 9.18 Å². The van der Waals surface area contributed by atoms with Gasteiger partial charge in [-0.15, -0.1) is 11.3 Å². The molecule has 3 aromatic rings. The molecule has 146 valence electrons. The van der Waals surface area contributed by atoms with Crippen molar-refractivity contribution in [2.45, 2.75) is 6.54 Å². The first kappa shape index (κ1) is 19.3. The molecule has 1 aliphatic rings. The summed E-state index contributed by atoms with van der Waals surface area (Å²) < 4.78 is 14.1. The van der Waals surface area contributed by atoms with Gasteiger partial charge in [-0.1, -0.05) is 23.7 Å². The molecule has 4 nitrogen and oxygen atoms in total. The maximum Gasteiger partial charge on any atom is 0.267 e. The maximum atomic E-state index is 13.4. The second-order valence-electron chi connectivity index (χ2n) is 7.12. The molecule has 2 aromatic carbocycles. The van der Waals surface area contributed by atoms with Gasteiger partial charge in [-0.05, 0) is 42.9 Å². The Bertz CT molecular complexity index is 997. The molecule has 1 amide bonds. The largest absolute Gasteiger partial charge is 0.321 e. The molecule has 1 saturated heterocycles. The first-order chi connectivity index (χ1) is 13.5. The van der Waals surface area contributed by atoms with Gasteiger partial charge in [0.1, 0.15) is 10.7 Å². The summed E-state index contributed by atoms with van der Waals surface area (Å²) in [4.78, 5) is 17.8. The molecular formula is C21H21ClFN3OS. The summed E-state index contributed by atoms with van der Waals surface area (Å²) in [5.74, 6) is -0.619. The van der Waals surface area contributed by atoms with E-state index in [1.54, 1.807) is 6.07 Å². The number of carbonyl (C=O) groups excluding carboxylic acids is 1. The predicted molar refractivity (Wildman–Crippen MR) is 114 cm³/mol. The van der Waals surface area contributed by atoms with Crippen LogP contribution in [0.2, 0.25) is 5.02 Å². The highest BCUT2D eigenvalue weighted by molar-refractivity contribution is 7.21. The van der Waals surface area contributed by atoms with Crippen LogP contribution in [0.3, 0.4) is 0 Å². The second kappa shape index (κ2) is 8.17. The minimum Gasteiger partial charge on any atom is -0.321 e. The smallest absolute Gasteiger partial charge is 0.267 e. The van der Waals surface area contributed by atoms with Crippen molar-refractivity contribution in [3.63, 3.8) is 0 Å². The van der Waals surface area contributed by atoms with Gasteiger partial charge in [0.25, 0.3) is 5.91 Å². The highest BCUT2D eigenvalue weighted by Gasteiger charge is 2.18. The Morgan fingerprint density at radius 2 is 1.86 bits per heavy atom. The summed E-state index contributed by atoms with van der Waals surface area (Å²) in [6.45, 7) is 5.23. The molecule has 1 aromatic heterocycles. The first-order valence-electron chi connectivity index (χ1n) is 9.18. The number of fused-ring (bicyclic) bond motifs is 1. The molecule has 28 heavy (non-hydrogen) atoms. The molecule has 0 bridgehead atoms. The van der Waals surface area contributed by atoms with E-state index in [2.05, 4.69) is 22.2 Å². The molecule has 0 spiro atoms. The zero-order chi connectivity index (χ0) is 19.7. The number of benzene rings is 2. The Labute approximate surface area is 172 Å². The Hall–Kier alpha value is -1.99. The van der Waals surface area contributed by atoms with Gasteiger partial charge in [0.05, 0.1) is 5.02 Å². The highest BCUT2D eigenvalue weighted by atomic mass is 35.5. The Balaban J connectivity index is 1.43. The fourth-order valence-electron chi connectivity index (χ4n) is 3.33. The van der Waals surface area contributed by atoms with E-state index < -0.39 is 0 Å². The van der Waals surface area contributed by atoms with E-state index in [0.717, 1.165) is 32.7 Å². The van der Waals surface area contributed by atoms with Crippen LogP contribution in [0.4, 0.5) is 10.1 Å². The van der Waals surface area contributed by atoms with Crippen LogP contribution < -0.4 is 5.32 Å². The molecule has 0 atom stereocenters. The van der Waals surface area contributed by atoms with Gasteiger partial charge in [0, 0.05) is 48.5 Å². The van der Waals surface area contributed by atoms with Gasteiger partial charge in [0.15, 0.2) is 0 Å². The van der Waals surface area contributed by atoms with Gasteiger partial charge in [-0.3, -0.25) is 9.69 Å². The number of hydrogen-bond donors (Lipinski definition) is 1. The number of halogens is 2. The van der Waals surface area contributed by atoms with Crippen LogP contribution in [0.5, 0.6) is 0 Å². The van der Waals surface area contributed by atoms with Crippen molar-refractivity contribution in [3.05, 3.63) is 63.7 Å². The van der Waals surface area contributed by atoms with Crippen molar-refractivity contribution in [1.82, 2.24) is 9.80 Å². The molecule has 0 radical (unpaired) electrons. The summed E-state index contributed by atoms with van der Waals surface area (Å²) >= 11 is 7.53. The molecule has 1 fully saturated rings. The molecule has 0 unspecified atom stereocenters. The number of rotatable bonds is 4. The fourth-order valence-corrected chi connectivity index (χ4v) is 4.77. The zero-order valence-corrected chi connectivity index (χ0v) is 17.1. The van der Waals surface area contributed by atoms with E-state index in [4.69, 9.17) is 11.6 Å². The molecule has 4 rings (SSSR count).